The Bertz CT molecular complexity index is 2120. The number of nitrogens with zero attached hydrogens (tertiary/aromatic N) is 2. The number of aromatic nitrogens is 1. The van der Waals surface area contributed by atoms with E-state index in [2.05, 4.69) is 42.8 Å². The van der Waals surface area contributed by atoms with Crippen LogP contribution in [0.3, 0.4) is 0 Å². The smallest absolute Gasteiger partial charge is 0.335 e. The summed E-state index contributed by atoms with van der Waals surface area (Å²) >= 11 is 0. The van der Waals surface area contributed by atoms with E-state index in [1.54, 1.807) is 24.3 Å². The molecule has 2 amide bonds. The minimum Gasteiger partial charge on any atom is -0.347 e. The lowest BCUT2D eigenvalue weighted by Gasteiger charge is -2.41. The van der Waals surface area contributed by atoms with Crippen molar-refractivity contribution in [2.24, 2.45) is 5.92 Å². The van der Waals surface area contributed by atoms with Gasteiger partial charge < -0.3 is 24.2 Å². The van der Waals surface area contributed by atoms with Crippen molar-refractivity contribution >= 4 is 23.5 Å². The lowest BCUT2D eigenvalue weighted by atomic mass is 9.80. The third-order valence-corrected chi connectivity index (χ3v) is 10.5. The Labute approximate surface area is 321 Å². The summed E-state index contributed by atoms with van der Waals surface area (Å²) in [7, 11) is 0. The topological polar surface area (TPSA) is 99.1 Å². The number of anilines is 1. The van der Waals surface area contributed by atoms with Crippen LogP contribution in [0.5, 0.6) is 0 Å². The number of para-hydroxylation sites is 1. The minimum absolute atomic E-state index is 0.0572. The maximum atomic E-state index is 14.6. The average Bonchev–Trinajstić information content (AvgIpc) is 3.65. The second-order valence-corrected chi connectivity index (χ2v) is 15.4. The molecule has 3 heterocycles. The highest BCUT2D eigenvalue weighted by molar-refractivity contribution is 6.08. The van der Waals surface area contributed by atoms with E-state index < -0.39 is 17.9 Å². The Hall–Kier alpha value is -5.32. The SMILES string of the molecule is CC(C)c1c(C(=O)Nc2ccccc2)c(C2C=CC=CC2C)c(-c2ccc(F)cc2)n1CC[C@@H]1C[C@H](CC(=O)ON2Cc3ccccc3C2=O)OC(C)(C)O1. The van der Waals surface area contributed by atoms with Crippen molar-refractivity contribution in [3.05, 3.63) is 137 Å². The molecule has 0 bridgehead atoms. The quantitative estimate of drug-likeness (QED) is 0.164. The number of amides is 2. The molecule has 3 aromatic carbocycles. The fraction of sp³-hybridized carbons (Fsp3) is 0.356. The first-order valence-electron chi connectivity index (χ1n) is 19.1. The molecule has 1 N–H and O–H groups in total. The van der Waals surface area contributed by atoms with Crippen LogP contribution in [0.4, 0.5) is 10.1 Å². The number of allylic oxidation sites excluding steroid dienone is 4. The number of nitrogens with one attached hydrogen (secondary N) is 1. The summed E-state index contributed by atoms with van der Waals surface area (Å²) in [6.07, 6.45) is 8.40. The van der Waals surface area contributed by atoms with Crippen LogP contribution in [-0.2, 0) is 32.2 Å². The molecule has 4 atom stereocenters. The van der Waals surface area contributed by atoms with Crippen LogP contribution in [0, 0.1) is 11.7 Å². The molecule has 10 heteroatoms. The monoisotopic (exact) mass is 745 g/mol. The van der Waals surface area contributed by atoms with Gasteiger partial charge in [-0.05, 0) is 91.3 Å². The molecule has 1 saturated heterocycles. The highest BCUT2D eigenvalue weighted by Crippen LogP contribution is 2.45. The van der Waals surface area contributed by atoms with Gasteiger partial charge in [-0.2, -0.15) is 5.06 Å². The molecule has 7 rings (SSSR count). The summed E-state index contributed by atoms with van der Waals surface area (Å²) in [6, 6.07) is 23.1. The van der Waals surface area contributed by atoms with Crippen molar-refractivity contribution in [1.29, 1.82) is 0 Å². The van der Waals surface area contributed by atoms with Crippen molar-refractivity contribution in [2.45, 2.75) is 96.8 Å². The molecule has 9 nitrogen and oxygen atoms in total. The zero-order chi connectivity index (χ0) is 38.9. The zero-order valence-corrected chi connectivity index (χ0v) is 32.0. The largest absolute Gasteiger partial charge is 0.347 e. The second-order valence-electron chi connectivity index (χ2n) is 15.4. The number of benzene rings is 3. The highest BCUT2D eigenvalue weighted by atomic mass is 19.1. The number of ether oxygens (including phenoxy) is 2. The van der Waals surface area contributed by atoms with Gasteiger partial charge in [0.05, 0.1) is 36.4 Å². The van der Waals surface area contributed by atoms with Gasteiger partial charge in [0, 0.05) is 35.8 Å². The van der Waals surface area contributed by atoms with E-state index in [0.717, 1.165) is 33.1 Å². The summed E-state index contributed by atoms with van der Waals surface area (Å²) in [4.78, 5) is 46.2. The normalized spacial score (nSPS) is 21.5. The van der Waals surface area contributed by atoms with Crippen molar-refractivity contribution < 1.29 is 33.1 Å². The first-order chi connectivity index (χ1) is 26.4. The number of fused-ring (bicyclic) bond motifs is 1. The molecule has 3 aliphatic rings. The Morgan fingerprint density at radius 2 is 1.64 bits per heavy atom. The van der Waals surface area contributed by atoms with Crippen LogP contribution >= 0.6 is 0 Å². The molecule has 0 radical (unpaired) electrons. The number of carbonyl (C=O) groups is 3. The van der Waals surface area contributed by atoms with E-state index in [1.807, 2.05) is 68.5 Å². The summed E-state index contributed by atoms with van der Waals surface area (Å²) in [5.41, 5.74) is 6.08. The van der Waals surface area contributed by atoms with E-state index in [1.165, 1.54) is 12.1 Å². The van der Waals surface area contributed by atoms with Crippen LogP contribution in [0.15, 0.2) is 103 Å². The summed E-state index contributed by atoms with van der Waals surface area (Å²) in [6.45, 7) is 10.6. The van der Waals surface area contributed by atoms with Crippen molar-refractivity contribution in [1.82, 2.24) is 9.63 Å². The van der Waals surface area contributed by atoms with Crippen LogP contribution in [0.2, 0.25) is 0 Å². The fourth-order valence-electron chi connectivity index (χ4n) is 8.21. The van der Waals surface area contributed by atoms with E-state index in [-0.39, 0.29) is 54.5 Å². The summed E-state index contributed by atoms with van der Waals surface area (Å²) < 4.78 is 29.3. The Morgan fingerprint density at radius 1 is 0.945 bits per heavy atom. The van der Waals surface area contributed by atoms with Gasteiger partial charge in [0.2, 0.25) is 0 Å². The molecular weight excluding hydrogens is 698 g/mol. The standard InChI is InChI=1S/C45H48FN3O6/c1-28(2)41-40(43(51)47-33-15-7-6-8-16-33)39(36-17-11-9-13-29(36)3)42(30-19-21-32(46)22-20-30)48(41)24-23-34-25-35(54-45(4,5)53-34)26-38(50)55-49-27-31-14-10-12-18-37(31)44(49)52/h6-22,28-29,34-36H,23-27H2,1-5H3,(H,47,51)/t29?,34-,35-,36?/m1/s1. The Kier molecular flexibility index (Phi) is 10.9. The third-order valence-electron chi connectivity index (χ3n) is 10.5. The molecule has 4 aromatic rings. The first kappa shape index (κ1) is 38.0. The minimum atomic E-state index is -0.995. The molecule has 2 aliphatic heterocycles. The predicted molar refractivity (Wildman–Crippen MR) is 209 cm³/mol. The van der Waals surface area contributed by atoms with Gasteiger partial charge in [-0.3, -0.25) is 9.59 Å². The van der Waals surface area contributed by atoms with E-state index in [4.69, 9.17) is 14.3 Å². The first-order valence-corrected chi connectivity index (χ1v) is 19.1. The zero-order valence-electron chi connectivity index (χ0n) is 32.0. The predicted octanol–water partition coefficient (Wildman–Crippen LogP) is 9.32. The van der Waals surface area contributed by atoms with Crippen LogP contribution in [0.25, 0.3) is 11.3 Å². The molecular formula is C45H48FN3O6. The molecule has 2 unspecified atom stereocenters. The number of hydroxylamine groups is 2. The lowest BCUT2D eigenvalue weighted by Crippen LogP contribution is -2.46. The molecule has 286 valence electrons. The molecule has 0 saturated carbocycles. The van der Waals surface area contributed by atoms with Gasteiger partial charge in [-0.1, -0.05) is 81.5 Å². The average molecular weight is 746 g/mol. The lowest BCUT2D eigenvalue weighted by molar-refractivity contribution is -0.301. The van der Waals surface area contributed by atoms with Crippen molar-refractivity contribution in [3.8, 4) is 11.3 Å². The van der Waals surface area contributed by atoms with E-state index in [0.29, 0.717) is 36.2 Å². The van der Waals surface area contributed by atoms with Gasteiger partial charge in [-0.15, -0.1) is 0 Å². The summed E-state index contributed by atoms with van der Waals surface area (Å²) in [5.74, 6) is -2.53. The number of rotatable bonds is 11. The molecule has 55 heavy (non-hydrogen) atoms. The van der Waals surface area contributed by atoms with E-state index >= 15 is 0 Å². The number of halogens is 1. The number of carbonyl (C=O) groups excluding carboxylic acids is 3. The maximum Gasteiger partial charge on any atom is 0.335 e. The van der Waals surface area contributed by atoms with Crippen LogP contribution in [-0.4, -0.2) is 45.4 Å². The second kappa shape index (κ2) is 15.8. The van der Waals surface area contributed by atoms with Crippen molar-refractivity contribution in [3.63, 3.8) is 0 Å². The van der Waals surface area contributed by atoms with Gasteiger partial charge in [0.1, 0.15) is 5.82 Å². The number of hydrogen-bond acceptors (Lipinski definition) is 6. The third kappa shape index (κ3) is 8.21. The molecule has 1 fully saturated rings. The highest BCUT2D eigenvalue weighted by Gasteiger charge is 2.39. The molecule has 1 aromatic heterocycles. The van der Waals surface area contributed by atoms with Gasteiger partial charge in [0.15, 0.2) is 5.79 Å². The van der Waals surface area contributed by atoms with Crippen LogP contribution < -0.4 is 5.32 Å². The Balaban J connectivity index is 1.20. The van der Waals surface area contributed by atoms with Crippen molar-refractivity contribution in [2.75, 3.05) is 5.32 Å². The Morgan fingerprint density at radius 3 is 2.35 bits per heavy atom. The summed E-state index contributed by atoms with van der Waals surface area (Å²) in [5, 5.41) is 4.26. The maximum absolute atomic E-state index is 14.6. The van der Waals surface area contributed by atoms with E-state index in [9.17, 15) is 18.8 Å². The van der Waals surface area contributed by atoms with Gasteiger partial charge in [0.25, 0.3) is 11.8 Å². The van der Waals surface area contributed by atoms with Crippen LogP contribution in [0.1, 0.15) is 103 Å². The fourth-order valence-corrected chi connectivity index (χ4v) is 8.21. The van der Waals surface area contributed by atoms with Gasteiger partial charge in [-0.25, -0.2) is 9.18 Å². The molecule has 1 aliphatic carbocycles. The number of hydrogen-bond donors (Lipinski definition) is 1. The molecule has 0 spiro atoms. The van der Waals surface area contributed by atoms with Gasteiger partial charge >= 0.3 is 5.97 Å².